The highest BCUT2D eigenvalue weighted by Crippen LogP contribution is 2.09. The summed E-state index contributed by atoms with van der Waals surface area (Å²) in [6, 6.07) is 0.0534. The third-order valence-electron chi connectivity index (χ3n) is 2.36. The molecule has 0 unspecified atom stereocenters. The van der Waals surface area contributed by atoms with Crippen molar-refractivity contribution < 1.29 is 14.3 Å². The van der Waals surface area contributed by atoms with Gasteiger partial charge in [0.2, 0.25) is 0 Å². The highest BCUT2D eigenvalue weighted by atomic mass is 16.5. The number of ether oxygens (including phenoxy) is 2. The van der Waals surface area contributed by atoms with E-state index in [4.69, 9.17) is 10.5 Å². The quantitative estimate of drug-likeness (QED) is 0.605. The first kappa shape index (κ1) is 11.4. The Morgan fingerprint density at radius 3 is 2.79 bits per heavy atom. The zero-order valence-electron chi connectivity index (χ0n) is 8.73. The molecule has 0 aromatic rings. The first-order valence-corrected chi connectivity index (χ1v) is 4.76. The Bertz CT molecular complexity index is 198. The molecule has 0 aromatic heterocycles. The molecule has 2 N–H and O–H groups in total. The van der Waals surface area contributed by atoms with Gasteiger partial charge >= 0.3 is 5.97 Å². The van der Waals surface area contributed by atoms with Gasteiger partial charge in [0.15, 0.2) is 0 Å². The Morgan fingerprint density at radius 1 is 1.57 bits per heavy atom. The molecule has 0 spiro atoms. The van der Waals surface area contributed by atoms with E-state index in [2.05, 4.69) is 9.64 Å². The van der Waals surface area contributed by atoms with Gasteiger partial charge in [0.05, 0.1) is 26.2 Å². The Labute approximate surface area is 84.1 Å². The van der Waals surface area contributed by atoms with Crippen molar-refractivity contribution >= 4 is 5.97 Å². The monoisotopic (exact) mass is 202 g/mol. The maximum absolute atomic E-state index is 10.8. The van der Waals surface area contributed by atoms with Crippen molar-refractivity contribution in [1.82, 2.24) is 4.90 Å². The maximum atomic E-state index is 10.8. The van der Waals surface area contributed by atoms with Crippen LogP contribution in [0, 0.1) is 0 Å². The maximum Gasteiger partial charge on any atom is 0.307 e. The molecule has 0 aliphatic carbocycles. The summed E-state index contributed by atoms with van der Waals surface area (Å²) in [7, 11) is 3.38. The molecule has 1 heterocycles. The standard InChI is InChI=1S/C9H18N2O3/c1-11-5-7(10)8(6-11)14-4-3-9(12)13-2/h7-8H,3-6,10H2,1-2H3/t7-,8+/m0/s1. The molecule has 5 heteroatoms. The molecule has 0 bridgehead atoms. The van der Waals surface area contributed by atoms with Gasteiger partial charge in [0.25, 0.3) is 0 Å². The summed E-state index contributed by atoms with van der Waals surface area (Å²) >= 11 is 0. The van der Waals surface area contributed by atoms with Crippen LogP contribution in [-0.2, 0) is 14.3 Å². The van der Waals surface area contributed by atoms with E-state index in [0.717, 1.165) is 13.1 Å². The third kappa shape index (κ3) is 3.25. The Balaban J connectivity index is 2.15. The fourth-order valence-electron chi connectivity index (χ4n) is 1.57. The normalized spacial score (nSPS) is 27.9. The van der Waals surface area contributed by atoms with Crippen LogP contribution < -0.4 is 5.73 Å². The van der Waals surface area contributed by atoms with Gasteiger partial charge in [-0.15, -0.1) is 0 Å². The number of carbonyl (C=O) groups is 1. The molecule has 1 aliphatic rings. The van der Waals surface area contributed by atoms with E-state index in [0.29, 0.717) is 13.0 Å². The zero-order chi connectivity index (χ0) is 10.6. The number of esters is 1. The van der Waals surface area contributed by atoms with Crippen molar-refractivity contribution in [3.63, 3.8) is 0 Å². The predicted molar refractivity (Wildman–Crippen MR) is 51.8 cm³/mol. The van der Waals surface area contributed by atoms with Crippen LogP contribution in [0.1, 0.15) is 6.42 Å². The van der Waals surface area contributed by atoms with E-state index < -0.39 is 0 Å². The molecule has 1 aliphatic heterocycles. The highest BCUT2D eigenvalue weighted by Gasteiger charge is 2.28. The number of likely N-dealkylation sites (tertiary alicyclic amines) is 1. The summed E-state index contributed by atoms with van der Waals surface area (Å²) in [5, 5.41) is 0. The molecule has 1 fully saturated rings. The molecule has 1 rings (SSSR count). The average molecular weight is 202 g/mol. The SMILES string of the molecule is COC(=O)CCO[C@@H]1CN(C)C[C@@H]1N. The third-order valence-corrected chi connectivity index (χ3v) is 2.36. The Hall–Kier alpha value is -0.650. The summed E-state index contributed by atoms with van der Waals surface area (Å²) in [6.45, 7) is 2.07. The predicted octanol–water partition coefficient (Wildman–Crippen LogP) is -0.793. The number of hydrogen-bond acceptors (Lipinski definition) is 5. The molecular formula is C9H18N2O3. The van der Waals surface area contributed by atoms with Gasteiger partial charge in [-0.3, -0.25) is 4.79 Å². The average Bonchev–Trinajstić information content (AvgIpc) is 2.45. The Morgan fingerprint density at radius 2 is 2.29 bits per heavy atom. The van der Waals surface area contributed by atoms with Crippen molar-refractivity contribution in [1.29, 1.82) is 0 Å². The minimum Gasteiger partial charge on any atom is -0.469 e. The molecule has 0 amide bonds. The van der Waals surface area contributed by atoms with Gasteiger partial charge in [0, 0.05) is 19.1 Å². The van der Waals surface area contributed by atoms with Crippen LogP contribution in [0.5, 0.6) is 0 Å². The van der Waals surface area contributed by atoms with Crippen molar-refractivity contribution in [2.45, 2.75) is 18.6 Å². The fourth-order valence-corrected chi connectivity index (χ4v) is 1.57. The second-order valence-corrected chi connectivity index (χ2v) is 3.62. The Kier molecular flexibility index (Phi) is 4.31. The van der Waals surface area contributed by atoms with Crippen LogP contribution in [0.4, 0.5) is 0 Å². The van der Waals surface area contributed by atoms with E-state index in [1.165, 1.54) is 7.11 Å². The van der Waals surface area contributed by atoms with Crippen LogP contribution in [0.15, 0.2) is 0 Å². The second kappa shape index (κ2) is 5.29. The molecule has 14 heavy (non-hydrogen) atoms. The molecule has 82 valence electrons. The smallest absolute Gasteiger partial charge is 0.307 e. The number of nitrogens with two attached hydrogens (primary N) is 1. The van der Waals surface area contributed by atoms with Gasteiger partial charge in [-0.1, -0.05) is 0 Å². The number of carbonyl (C=O) groups excluding carboxylic acids is 1. The fraction of sp³-hybridized carbons (Fsp3) is 0.889. The lowest BCUT2D eigenvalue weighted by Crippen LogP contribution is -2.35. The highest BCUT2D eigenvalue weighted by molar-refractivity contribution is 5.69. The van der Waals surface area contributed by atoms with E-state index in [9.17, 15) is 4.79 Å². The first-order valence-electron chi connectivity index (χ1n) is 4.76. The lowest BCUT2D eigenvalue weighted by atomic mass is 10.2. The lowest BCUT2D eigenvalue weighted by Gasteiger charge is -2.14. The number of nitrogens with zero attached hydrogens (tertiary/aromatic N) is 1. The van der Waals surface area contributed by atoms with Crippen LogP contribution in [0.2, 0.25) is 0 Å². The van der Waals surface area contributed by atoms with Crippen LogP contribution in [0.25, 0.3) is 0 Å². The lowest BCUT2D eigenvalue weighted by molar-refractivity contribution is -0.142. The second-order valence-electron chi connectivity index (χ2n) is 3.62. The summed E-state index contributed by atoms with van der Waals surface area (Å²) in [4.78, 5) is 12.9. The summed E-state index contributed by atoms with van der Waals surface area (Å²) < 4.78 is 9.99. The molecule has 1 saturated heterocycles. The van der Waals surface area contributed by atoms with Gasteiger partial charge in [-0.05, 0) is 7.05 Å². The molecule has 0 radical (unpaired) electrons. The number of likely N-dealkylation sites (N-methyl/N-ethyl adjacent to an activating group) is 1. The van der Waals surface area contributed by atoms with E-state index in [1.807, 2.05) is 7.05 Å². The summed E-state index contributed by atoms with van der Waals surface area (Å²) in [6.07, 6.45) is 0.341. The van der Waals surface area contributed by atoms with Gasteiger partial charge in [-0.2, -0.15) is 0 Å². The van der Waals surface area contributed by atoms with E-state index >= 15 is 0 Å². The number of rotatable bonds is 4. The molecule has 5 nitrogen and oxygen atoms in total. The van der Waals surface area contributed by atoms with Crippen molar-refractivity contribution in [2.24, 2.45) is 5.73 Å². The molecule has 2 atom stereocenters. The van der Waals surface area contributed by atoms with E-state index in [-0.39, 0.29) is 18.1 Å². The molecular weight excluding hydrogens is 184 g/mol. The van der Waals surface area contributed by atoms with Crippen molar-refractivity contribution in [2.75, 3.05) is 33.9 Å². The van der Waals surface area contributed by atoms with Crippen molar-refractivity contribution in [3.8, 4) is 0 Å². The summed E-state index contributed by atoms with van der Waals surface area (Å²) in [5.41, 5.74) is 5.84. The largest absolute Gasteiger partial charge is 0.469 e. The minimum absolute atomic E-state index is 0.0460. The van der Waals surface area contributed by atoms with E-state index in [1.54, 1.807) is 0 Å². The molecule has 0 aromatic carbocycles. The van der Waals surface area contributed by atoms with Crippen LogP contribution >= 0.6 is 0 Å². The van der Waals surface area contributed by atoms with Crippen LogP contribution in [-0.4, -0.2) is 56.9 Å². The molecule has 0 saturated carbocycles. The van der Waals surface area contributed by atoms with Crippen LogP contribution in [0.3, 0.4) is 0 Å². The van der Waals surface area contributed by atoms with Crippen molar-refractivity contribution in [3.05, 3.63) is 0 Å². The first-order chi connectivity index (χ1) is 6.63. The zero-order valence-corrected chi connectivity index (χ0v) is 8.73. The number of methoxy groups -OCH3 is 1. The van der Waals surface area contributed by atoms with Gasteiger partial charge in [-0.25, -0.2) is 0 Å². The van der Waals surface area contributed by atoms with Gasteiger partial charge in [0.1, 0.15) is 0 Å². The number of hydrogen-bond donors (Lipinski definition) is 1. The topological polar surface area (TPSA) is 64.8 Å². The van der Waals surface area contributed by atoms with Gasteiger partial charge < -0.3 is 20.1 Å². The minimum atomic E-state index is -0.245. The summed E-state index contributed by atoms with van der Waals surface area (Å²) in [5.74, 6) is -0.245.